The number of alkyl halides is 3. The highest BCUT2D eigenvalue weighted by Gasteiger charge is 2.42. The topological polar surface area (TPSA) is 58.7 Å². The first-order valence-electron chi connectivity index (χ1n) is 10.9. The first-order valence-corrected chi connectivity index (χ1v) is 12.0. The second-order valence-electron chi connectivity index (χ2n) is 8.29. The third-order valence-corrected chi connectivity index (χ3v) is 6.91. The van der Waals surface area contributed by atoms with Crippen LogP contribution in [0.1, 0.15) is 48.8 Å². The largest absolute Gasteiger partial charge is 0.370 e. The van der Waals surface area contributed by atoms with Gasteiger partial charge >= 0.3 is 5.38 Å². The number of nitrogens with zero attached hydrogens (tertiary/aromatic N) is 2. The maximum Gasteiger partial charge on any atom is 0.362 e. The van der Waals surface area contributed by atoms with Gasteiger partial charge in [0.25, 0.3) is 0 Å². The first kappa shape index (κ1) is 26.5. The van der Waals surface area contributed by atoms with Crippen LogP contribution in [-0.2, 0) is 11.2 Å². The van der Waals surface area contributed by atoms with Crippen LogP contribution in [-0.4, -0.2) is 24.2 Å². The molecule has 0 saturated heterocycles. The second-order valence-corrected chi connectivity index (χ2v) is 9.58. The van der Waals surface area contributed by atoms with E-state index < -0.39 is 22.9 Å². The van der Waals surface area contributed by atoms with E-state index in [0.29, 0.717) is 27.7 Å². The zero-order valence-corrected chi connectivity index (χ0v) is 21.2. The molecule has 2 atom stereocenters. The van der Waals surface area contributed by atoms with Crippen molar-refractivity contribution in [1.29, 1.82) is 0 Å². The monoisotopic (exact) mass is 527 g/mol. The summed E-state index contributed by atoms with van der Waals surface area (Å²) in [7, 11) is 1.47. The number of rotatable bonds is 7. The van der Waals surface area contributed by atoms with Gasteiger partial charge in [-0.2, -0.15) is 8.78 Å². The van der Waals surface area contributed by atoms with E-state index >= 15 is 0 Å². The second kappa shape index (κ2) is 10.6. The number of halogens is 5. The molecule has 0 aliphatic carbocycles. The Bertz CT molecular complexity index is 1130. The van der Waals surface area contributed by atoms with Gasteiger partial charge in [0, 0.05) is 35.3 Å². The number of aliphatic imine (C=N–C) groups is 1. The van der Waals surface area contributed by atoms with Gasteiger partial charge in [-0.1, -0.05) is 61.3 Å². The quantitative estimate of drug-likeness (QED) is 0.388. The van der Waals surface area contributed by atoms with Crippen molar-refractivity contribution in [3.05, 3.63) is 75.4 Å². The van der Waals surface area contributed by atoms with Gasteiger partial charge in [0.2, 0.25) is 5.91 Å². The average molecular weight is 529 g/mol. The van der Waals surface area contributed by atoms with Crippen LogP contribution >= 0.6 is 34.8 Å². The van der Waals surface area contributed by atoms with Crippen LogP contribution < -0.4 is 10.6 Å². The predicted octanol–water partition coefficient (Wildman–Crippen LogP) is 7.15. The molecule has 0 bridgehead atoms. The van der Waals surface area contributed by atoms with Gasteiger partial charge in [-0.25, -0.2) is 0 Å². The summed E-state index contributed by atoms with van der Waals surface area (Å²) in [5.74, 6) is -1.33. The van der Waals surface area contributed by atoms with Crippen LogP contribution in [0.3, 0.4) is 0 Å². The summed E-state index contributed by atoms with van der Waals surface area (Å²) in [6, 6.07) is 10.7. The van der Waals surface area contributed by atoms with Gasteiger partial charge in [-0.05, 0) is 59.3 Å². The number of carbonyl (C=O) groups excluding carboxylic acids is 1. The number of hydrogen-bond acceptors (Lipinski definition) is 2. The summed E-state index contributed by atoms with van der Waals surface area (Å²) in [4.78, 5) is 17.5. The fourth-order valence-electron chi connectivity index (χ4n) is 4.57. The van der Waals surface area contributed by atoms with Crippen molar-refractivity contribution < 1.29 is 13.6 Å². The van der Waals surface area contributed by atoms with Crippen LogP contribution in [0.4, 0.5) is 14.5 Å². The van der Waals surface area contributed by atoms with Gasteiger partial charge in [0.1, 0.15) is 11.5 Å². The molecule has 1 aliphatic rings. The summed E-state index contributed by atoms with van der Waals surface area (Å²) >= 11 is 18.6. The van der Waals surface area contributed by atoms with Gasteiger partial charge in [-0.15, -0.1) is 0 Å². The molecule has 0 spiro atoms. The third-order valence-electron chi connectivity index (χ3n) is 6.00. The Kier molecular flexibility index (Phi) is 8.27. The highest BCUT2D eigenvalue weighted by molar-refractivity contribution is 6.32. The standard InChI is InChI=1S/C25H26Cl3F2N3O/c1-4-6-15-7-5-8-18(23(15)27)19-11-16(12-22(31)34)24(32-3)33(14(2)25(28,29)30)21-10-9-17(26)13-20(19)21/h5,7-10,13,16,19H,2,4,6,11-12H2,1,3H3,(H2,31,34)/t16-,19?/m1/s1. The molecule has 4 nitrogen and oxygen atoms in total. The Morgan fingerprint density at radius 2 is 1.97 bits per heavy atom. The van der Waals surface area contributed by atoms with E-state index in [-0.39, 0.29) is 18.2 Å². The van der Waals surface area contributed by atoms with Crippen LogP contribution in [0.25, 0.3) is 0 Å². The Morgan fingerprint density at radius 1 is 1.26 bits per heavy atom. The molecular formula is C25H26Cl3F2N3O. The van der Waals surface area contributed by atoms with Crippen LogP contribution in [0.15, 0.2) is 53.7 Å². The molecule has 0 aromatic heterocycles. The molecule has 0 fully saturated rings. The van der Waals surface area contributed by atoms with Crippen LogP contribution in [0, 0.1) is 5.92 Å². The number of fused-ring (bicyclic) bond motifs is 1. The summed E-state index contributed by atoms with van der Waals surface area (Å²) in [5.41, 5.74) is 7.71. The molecule has 3 rings (SSSR count). The first-order chi connectivity index (χ1) is 16.0. The number of carbonyl (C=O) groups is 1. The molecule has 2 aromatic carbocycles. The SMILES string of the molecule is C=C(N1C(=NC)[C@@H](CC(N)=O)CC(c2cccc(CCC)c2Cl)c2cc(Cl)ccc21)C(F)(F)Cl. The van der Waals surface area contributed by atoms with Gasteiger partial charge < -0.3 is 5.73 Å². The van der Waals surface area contributed by atoms with E-state index in [9.17, 15) is 13.6 Å². The number of amidine groups is 1. The molecule has 34 heavy (non-hydrogen) atoms. The minimum absolute atomic E-state index is 0.102. The minimum atomic E-state index is -3.76. The third kappa shape index (κ3) is 5.40. The van der Waals surface area contributed by atoms with Crippen molar-refractivity contribution in [3.8, 4) is 0 Å². The molecular weight excluding hydrogens is 503 g/mol. The normalized spacial score (nSPS) is 19.6. The van der Waals surface area contributed by atoms with E-state index in [4.69, 9.17) is 40.5 Å². The van der Waals surface area contributed by atoms with Gasteiger partial charge in [0.05, 0.1) is 5.69 Å². The van der Waals surface area contributed by atoms with Crippen LogP contribution in [0.5, 0.6) is 0 Å². The van der Waals surface area contributed by atoms with Crippen molar-refractivity contribution in [1.82, 2.24) is 0 Å². The Balaban J connectivity index is 2.33. The maximum atomic E-state index is 14.4. The average Bonchev–Trinajstić information content (AvgIpc) is 2.88. The number of nitrogens with two attached hydrogens (primary N) is 1. The number of benzene rings is 2. The van der Waals surface area contributed by atoms with Gasteiger partial charge in [0.15, 0.2) is 0 Å². The van der Waals surface area contributed by atoms with Crippen molar-refractivity contribution >= 4 is 52.2 Å². The van der Waals surface area contributed by atoms with E-state index in [0.717, 1.165) is 24.0 Å². The number of anilines is 1. The molecule has 1 aliphatic heterocycles. The number of primary amides is 1. The molecule has 2 N–H and O–H groups in total. The zero-order chi connectivity index (χ0) is 25.2. The minimum Gasteiger partial charge on any atom is -0.370 e. The summed E-state index contributed by atoms with van der Waals surface area (Å²) in [6.07, 6.45) is 1.94. The lowest BCUT2D eigenvalue weighted by molar-refractivity contribution is -0.118. The Morgan fingerprint density at radius 3 is 2.56 bits per heavy atom. The molecule has 1 amide bonds. The van der Waals surface area contributed by atoms with E-state index in [1.54, 1.807) is 18.2 Å². The highest BCUT2D eigenvalue weighted by atomic mass is 35.5. The zero-order valence-electron chi connectivity index (χ0n) is 18.9. The molecule has 0 saturated carbocycles. The molecule has 9 heteroatoms. The molecule has 182 valence electrons. The fraction of sp³-hybridized carbons (Fsp3) is 0.360. The number of amides is 1. The predicted molar refractivity (Wildman–Crippen MR) is 136 cm³/mol. The molecule has 1 heterocycles. The molecule has 0 radical (unpaired) electrons. The smallest absolute Gasteiger partial charge is 0.362 e. The summed E-state index contributed by atoms with van der Waals surface area (Å²) in [5, 5.41) is -2.73. The summed E-state index contributed by atoms with van der Waals surface area (Å²) < 4.78 is 28.7. The molecule has 1 unspecified atom stereocenters. The summed E-state index contributed by atoms with van der Waals surface area (Å²) in [6.45, 7) is 5.63. The van der Waals surface area contributed by atoms with Crippen molar-refractivity contribution in [3.63, 3.8) is 0 Å². The lowest BCUT2D eigenvalue weighted by Gasteiger charge is -2.32. The van der Waals surface area contributed by atoms with Gasteiger partial charge in [-0.3, -0.25) is 14.7 Å². The molecule has 2 aromatic rings. The van der Waals surface area contributed by atoms with E-state index in [1.165, 1.54) is 11.9 Å². The lowest BCUT2D eigenvalue weighted by atomic mass is 9.82. The van der Waals surface area contributed by atoms with Crippen molar-refractivity contribution in [2.75, 3.05) is 11.9 Å². The number of hydrogen-bond donors (Lipinski definition) is 1. The highest BCUT2D eigenvalue weighted by Crippen LogP contribution is 2.48. The fourth-order valence-corrected chi connectivity index (χ4v) is 5.18. The van der Waals surface area contributed by atoms with Crippen molar-refractivity contribution in [2.45, 2.75) is 43.9 Å². The Labute approximate surface area is 213 Å². The lowest BCUT2D eigenvalue weighted by Crippen LogP contribution is -2.40. The van der Waals surface area contributed by atoms with E-state index in [2.05, 4.69) is 18.5 Å². The number of aryl methyl sites for hydroxylation is 1. The Hall–Kier alpha value is -2.15. The van der Waals surface area contributed by atoms with Crippen LogP contribution in [0.2, 0.25) is 10.0 Å². The number of allylic oxidation sites excluding steroid dienone is 1. The maximum absolute atomic E-state index is 14.4. The van der Waals surface area contributed by atoms with Crippen molar-refractivity contribution in [2.24, 2.45) is 16.6 Å². The van der Waals surface area contributed by atoms with E-state index in [1.807, 2.05) is 18.2 Å².